The summed E-state index contributed by atoms with van der Waals surface area (Å²) < 4.78 is 6.36. The maximum absolute atomic E-state index is 6.36. The van der Waals surface area contributed by atoms with Gasteiger partial charge in [-0.1, -0.05) is 127 Å². The number of fused-ring (bicyclic) bond motifs is 3. The molecule has 1 aliphatic rings. The van der Waals surface area contributed by atoms with Gasteiger partial charge in [0, 0.05) is 20.7 Å². The Morgan fingerprint density at radius 1 is 0.341 bits per heavy atom. The molecule has 9 rings (SSSR count). The average Bonchev–Trinajstić information content (AvgIpc) is 3.58. The lowest BCUT2D eigenvalue weighted by atomic mass is 9.89. The van der Waals surface area contributed by atoms with Crippen LogP contribution in [0, 0.1) is 0 Å². The Kier molecular flexibility index (Phi) is 5.75. The molecule has 0 radical (unpaired) electrons. The van der Waals surface area contributed by atoms with Crippen LogP contribution in [-0.2, 0) is 0 Å². The van der Waals surface area contributed by atoms with E-state index in [9.17, 15) is 0 Å². The Morgan fingerprint density at radius 3 is 1.77 bits per heavy atom. The molecule has 0 saturated carbocycles. The van der Waals surface area contributed by atoms with Gasteiger partial charge in [-0.2, -0.15) is 0 Å². The van der Waals surface area contributed by atoms with Crippen LogP contribution < -0.4 is 4.74 Å². The summed E-state index contributed by atoms with van der Waals surface area (Å²) in [5.41, 5.74) is 9.85. The van der Waals surface area contributed by atoms with Crippen LogP contribution in [0.3, 0.4) is 0 Å². The molecule has 0 fully saturated rings. The third kappa shape index (κ3) is 3.92. The van der Waals surface area contributed by atoms with Crippen molar-refractivity contribution in [1.82, 2.24) is 0 Å². The van der Waals surface area contributed by atoms with E-state index >= 15 is 0 Å². The van der Waals surface area contributed by atoms with Crippen molar-refractivity contribution in [2.24, 2.45) is 0 Å². The first-order chi connectivity index (χ1) is 21.8. The molecule has 0 unspecified atom stereocenters. The van der Waals surface area contributed by atoms with Crippen molar-refractivity contribution >= 4 is 32.9 Å². The van der Waals surface area contributed by atoms with Crippen molar-refractivity contribution in [3.05, 3.63) is 158 Å². The highest BCUT2D eigenvalue weighted by Gasteiger charge is 2.22. The summed E-state index contributed by atoms with van der Waals surface area (Å²) in [4.78, 5) is 2.51. The Bertz CT molecular complexity index is 2360. The molecule has 1 nitrogen and oxygen atoms in total. The monoisotopic (exact) mass is 578 g/mol. The van der Waals surface area contributed by atoms with Gasteiger partial charge in [-0.25, -0.2) is 0 Å². The first-order valence-corrected chi connectivity index (χ1v) is 15.8. The molecular weight excluding hydrogens is 553 g/mol. The third-order valence-corrected chi connectivity index (χ3v) is 9.90. The molecule has 1 aliphatic heterocycles. The zero-order chi connectivity index (χ0) is 29.0. The average molecular weight is 579 g/mol. The highest BCUT2D eigenvalue weighted by atomic mass is 32.1. The standard InChI is InChI=1S/C42H26OS/c1-2-11-27(12-3-1)29-18-8-13-28-14-9-19-34(41(28)29)30-15-4-5-17-32(30)39-25-26-40(44-39)33-23-24-38-42-35(20-10-21-36(33)42)31-16-6-7-22-37(31)43-38/h1-26H. The van der Waals surface area contributed by atoms with Gasteiger partial charge in [-0.15, -0.1) is 11.3 Å². The zero-order valence-corrected chi connectivity index (χ0v) is 24.6. The van der Waals surface area contributed by atoms with Crippen molar-refractivity contribution < 1.29 is 4.74 Å². The quantitative estimate of drug-likeness (QED) is 0.202. The van der Waals surface area contributed by atoms with Crippen LogP contribution in [0.2, 0.25) is 0 Å². The highest BCUT2D eigenvalue weighted by Crippen LogP contribution is 2.50. The predicted octanol–water partition coefficient (Wildman–Crippen LogP) is 12.5. The van der Waals surface area contributed by atoms with Crippen molar-refractivity contribution in [3.8, 4) is 65.8 Å². The van der Waals surface area contributed by atoms with E-state index in [4.69, 9.17) is 4.74 Å². The number of hydrogen-bond acceptors (Lipinski definition) is 2. The number of rotatable bonds is 4. The summed E-state index contributed by atoms with van der Waals surface area (Å²) in [7, 11) is 0. The maximum atomic E-state index is 6.36. The summed E-state index contributed by atoms with van der Waals surface area (Å²) in [6.45, 7) is 0. The van der Waals surface area contributed by atoms with E-state index in [1.807, 2.05) is 23.5 Å². The molecule has 2 heterocycles. The largest absolute Gasteiger partial charge is 0.456 e. The van der Waals surface area contributed by atoms with Gasteiger partial charge in [0.25, 0.3) is 0 Å². The molecule has 206 valence electrons. The minimum absolute atomic E-state index is 0.916. The van der Waals surface area contributed by atoms with E-state index in [-0.39, 0.29) is 0 Å². The van der Waals surface area contributed by atoms with Gasteiger partial charge in [-0.3, -0.25) is 0 Å². The molecule has 0 atom stereocenters. The van der Waals surface area contributed by atoms with Crippen LogP contribution in [0.4, 0.5) is 0 Å². The molecular formula is C42H26OS. The summed E-state index contributed by atoms with van der Waals surface area (Å²) in [6, 6.07) is 56.7. The van der Waals surface area contributed by atoms with Gasteiger partial charge in [-0.05, 0) is 85.4 Å². The lowest BCUT2D eigenvalue weighted by molar-refractivity contribution is 0.487. The van der Waals surface area contributed by atoms with Gasteiger partial charge in [0.05, 0.1) is 0 Å². The van der Waals surface area contributed by atoms with Gasteiger partial charge in [0.1, 0.15) is 11.5 Å². The van der Waals surface area contributed by atoms with Crippen LogP contribution in [0.1, 0.15) is 0 Å². The molecule has 0 saturated heterocycles. The number of ether oxygens (including phenoxy) is 1. The van der Waals surface area contributed by atoms with E-state index in [0.717, 1.165) is 17.1 Å². The molecule has 0 aliphatic carbocycles. The van der Waals surface area contributed by atoms with Crippen LogP contribution in [0.5, 0.6) is 11.5 Å². The van der Waals surface area contributed by atoms with Gasteiger partial charge < -0.3 is 4.74 Å². The molecule has 0 amide bonds. The Hall–Kier alpha value is -5.44. The smallest absolute Gasteiger partial charge is 0.135 e. The Labute approximate surface area is 260 Å². The fourth-order valence-corrected chi connectivity index (χ4v) is 7.86. The Balaban J connectivity index is 1.20. The second-order valence-corrected chi connectivity index (χ2v) is 12.3. The number of hydrogen-bond donors (Lipinski definition) is 0. The predicted molar refractivity (Wildman–Crippen MR) is 187 cm³/mol. The summed E-state index contributed by atoms with van der Waals surface area (Å²) in [5, 5.41) is 4.94. The molecule has 0 spiro atoms. The SMILES string of the molecule is c1ccc(-c2cccc3cccc(-c4ccccc4-c4ccc(-c5ccc6c7c(cccc57)-c5ccccc5O6)s4)c23)cc1. The summed E-state index contributed by atoms with van der Waals surface area (Å²) in [5.74, 6) is 1.84. The van der Waals surface area contributed by atoms with Crippen molar-refractivity contribution in [2.75, 3.05) is 0 Å². The molecule has 7 aromatic carbocycles. The number of para-hydroxylation sites is 1. The second kappa shape index (κ2) is 10.1. The number of benzene rings is 7. The topological polar surface area (TPSA) is 9.23 Å². The zero-order valence-electron chi connectivity index (χ0n) is 23.8. The van der Waals surface area contributed by atoms with Crippen LogP contribution in [0.15, 0.2) is 158 Å². The van der Waals surface area contributed by atoms with Crippen LogP contribution in [-0.4, -0.2) is 0 Å². The second-order valence-electron chi connectivity index (χ2n) is 11.2. The van der Waals surface area contributed by atoms with Gasteiger partial charge >= 0.3 is 0 Å². The van der Waals surface area contributed by atoms with Crippen LogP contribution in [0.25, 0.3) is 75.8 Å². The lowest BCUT2D eigenvalue weighted by Gasteiger charge is -2.22. The highest BCUT2D eigenvalue weighted by molar-refractivity contribution is 7.19. The number of thiophene rings is 1. The molecule has 1 aromatic heterocycles. The third-order valence-electron chi connectivity index (χ3n) is 8.74. The van der Waals surface area contributed by atoms with E-state index < -0.39 is 0 Å². The van der Waals surface area contributed by atoms with E-state index in [1.165, 1.54) is 70.2 Å². The summed E-state index contributed by atoms with van der Waals surface area (Å²) >= 11 is 1.85. The van der Waals surface area contributed by atoms with Gasteiger partial charge in [0.2, 0.25) is 0 Å². The lowest BCUT2D eigenvalue weighted by Crippen LogP contribution is -1.97. The minimum atomic E-state index is 0.916. The summed E-state index contributed by atoms with van der Waals surface area (Å²) in [6.07, 6.45) is 0. The normalized spacial score (nSPS) is 11.8. The van der Waals surface area contributed by atoms with E-state index in [2.05, 4.69) is 146 Å². The molecule has 2 heteroatoms. The van der Waals surface area contributed by atoms with E-state index in [1.54, 1.807) is 0 Å². The van der Waals surface area contributed by atoms with Crippen molar-refractivity contribution in [3.63, 3.8) is 0 Å². The molecule has 8 aromatic rings. The van der Waals surface area contributed by atoms with Crippen molar-refractivity contribution in [1.29, 1.82) is 0 Å². The molecule has 0 N–H and O–H groups in total. The molecule has 44 heavy (non-hydrogen) atoms. The minimum Gasteiger partial charge on any atom is -0.456 e. The first kappa shape index (κ1) is 25.1. The Morgan fingerprint density at radius 2 is 0.955 bits per heavy atom. The fourth-order valence-electron chi connectivity index (χ4n) is 6.78. The first-order valence-electron chi connectivity index (χ1n) is 14.9. The fraction of sp³-hybridized carbons (Fsp3) is 0. The van der Waals surface area contributed by atoms with E-state index in [0.29, 0.717) is 0 Å². The van der Waals surface area contributed by atoms with Crippen molar-refractivity contribution in [2.45, 2.75) is 0 Å². The molecule has 0 bridgehead atoms. The van der Waals surface area contributed by atoms with Crippen LogP contribution >= 0.6 is 11.3 Å². The van der Waals surface area contributed by atoms with Gasteiger partial charge in [0.15, 0.2) is 0 Å². The maximum Gasteiger partial charge on any atom is 0.135 e.